The molecule has 1 saturated heterocycles. The van der Waals surface area contributed by atoms with Crippen LogP contribution in [0.5, 0.6) is 5.75 Å². The molecule has 0 aromatic heterocycles. The van der Waals surface area contributed by atoms with Crippen molar-refractivity contribution in [3.05, 3.63) is 28.2 Å². The van der Waals surface area contributed by atoms with E-state index < -0.39 is 0 Å². The zero-order valence-electron chi connectivity index (χ0n) is 12.4. The lowest BCUT2D eigenvalue weighted by Crippen LogP contribution is -2.40. The third-order valence-electron chi connectivity index (χ3n) is 3.50. The van der Waals surface area contributed by atoms with Gasteiger partial charge in [-0.3, -0.25) is 0 Å². The minimum Gasteiger partial charge on any atom is -0.496 e. The third kappa shape index (κ3) is 4.83. The fourth-order valence-corrected chi connectivity index (χ4v) is 2.90. The van der Waals surface area contributed by atoms with Crippen LogP contribution < -0.4 is 10.1 Å². The van der Waals surface area contributed by atoms with Crippen molar-refractivity contribution in [1.82, 2.24) is 10.2 Å². The second-order valence-corrected chi connectivity index (χ2v) is 6.44. The van der Waals surface area contributed by atoms with Crippen molar-refractivity contribution in [2.75, 3.05) is 27.3 Å². The number of nitrogens with one attached hydrogen (secondary N) is 1. The molecule has 2 rings (SSSR count). The molecule has 1 fully saturated rings. The highest BCUT2D eigenvalue weighted by Gasteiger charge is 2.16. The topological polar surface area (TPSA) is 33.7 Å². The molecule has 1 aliphatic heterocycles. The SMILES string of the molecule is COc1ccc(Br)cc1CN(C)C(=S)NC[C@H]1CCCO1. The van der Waals surface area contributed by atoms with E-state index in [4.69, 9.17) is 21.7 Å². The van der Waals surface area contributed by atoms with E-state index in [1.807, 2.05) is 24.1 Å². The van der Waals surface area contributed by atoms with Crippen LogP contribution in [0.4, 0.5) is 0 Å². The Labute approximate surface area is 139 Å². The molecule has 1 aromatic carbocycles. The Bertz CT molecular complexity index is 493. The zero-order valence-corrected chi connectivity index (χ0v) is 14.8. The fraction of sp³-hybridized carbons (Fsp3) is 0.533. The molecule has 0 amide bonds. The maximum atomic E-state index is 5.59. The first kappa shape index (κ1) is 16.5. The lowest BCUT2D eigenvalue weighted by atomic mass is 10.2. The van der Waals surface area contributed by atoms with Gasteiger partial charge in [0.25, 0.3) is 0 Å². The predicted molar refractivity (Wildman–Crippen MR) is 91.7 cm³/mol. The van der Waals surface area contributed by atoms with Gasteiger partial charge in [-0.1, -0.05) is 15.9 Å². The monoisotopic (exact) mass is 372 g/mol. The van der Waals surface area contributed by atoms with Gasteiger partial charge < -0.3 is 19.7 Å². The molecule has 21 heavy (non-hydrogen) atoms. The molecule has 116 valence electrons. The Hall–Kier alpha value is -0.850. The number of halogens is 1. The molecule has 6 heteroatoms. The van der Waals surface area contributed by atoms with Crippen molar-refractivity contribution in [3.8, 4) is 5.75 Å². The van der Waals surface area contributed by atoms with Crippen molar-refractivity contribution in [1.29, 1.82) is 0 Å². The summed E-state index contributed by atoms with van der Waals surface area (Å²) in [5.41, 5.74) is 1.09. The summed E-state index contributed by atoms with van der Waals surface area (Å²) < 4.78 is 12.0. The van der Waals surface area contributed by atoms with Gasteiger partial charge in [-0.15, -0.1) is 0 Å². The number of methoxy groups -OCH3 is 1. The highest BCUT2D eigenvalue weighted by molar-refractivity contribution is 9.10. The summed E-state index contributed by atoms with van der Waals surface area (Å²) in [6.45, 7) is 2.34. The maximum Gasteiger partial charge on any atom is 0.169 e. The zero-order chi connectivity index (χ0) is 15.2. The van der Waals surface area contributed by atoms with Gasteiger partial charge in [0, 0.05) is 36.8 Å². The molecule has 0 aliphatic carbocycles. The first-order valence-corrected chi connectivity index (χ1v) is 8.23. The van der Waals surface area contributed by atoms with Crippen LogP contribution in [-0.2, 0) is 11.3 Å². The van der Waals surface area contributed by atoms with E-state index in [1.165, 1.54) is 0 Å². The Morgan fingerprint density at radius 3 is 3.05 bits per heavy atom. The number of benzene rings is 1. The minimum atomic E-state index is 0.289. The summed E-state index contributed by atoms with van der Waals surface area (Å²) in [7, 11) is 3.66. The van der Waals surface area contributed by atoms with Crippen molar-refractivity contribution in [2.24, 2.45) is 0 Å². The lowest BCUT2D eigenvalue weighted by Gasteiger charge is -2.23. The summed E-state index contributed by atoms with van der Waals surface area (Å²) in [5.74, 6) is 0.868. The van der Waals surface area contributed by atoms with Crippen LogP contribution in [0.2, 0.25) is 0 Å². The smallest absolute Gasteiger partial charge is 0.169 e. The summed E-state index contributed by atoms with van der Waals surface area (Å²) in [6, 6.07) is 5.98. The summed E-state index contributed by atoms with van der Waals surface area (Å²) in [4.78, 5) is 2.01. The number of thiocarbonyl (C=S) groups is 1. The Kier molecular flexibility index (Phi) is 6.26. The number of hydrogen-bond donors (Lipinski definition) is 1. The van der Waals surface area contributed by atoms with E-state index in [-0.39, 0.29) is 6.10 Å². The highest BCUT2D eigenvalue weighted by Crippen LogP contribution is 2.24. The second kappa shape index (κ2) is 7.96. The summed E-state index contributed by atoms with van der Waals surface area (Å²) in [5, 5.41) is 4.01. The van der Waals surface area contributed by atoms with Gasteiger partial charge in [-0.25, -0.2) is 0 Å². The van der Waals surface area contributed by atoms with Crippen molar-refractivity contribution in [2.45, 2.75) is 25.5 Å². The Balaban J connectivity index is 1.89. The molecule has 0 radical (unpaired) electrons. The van der Waals surface area contributed by atoms with Crippen molar-refractivity contribution < 1.29 is 9.47 Å². The van der Waals surface area contributed by atoms with Gasteiger partial charge in [0.1, 0.15) is 5.75 Å². The highest BCUT2D eigenvalue weighted by atomic mass is 79.9. The quantitative estimate of drug-likeness (QED) is 0.803. The molecule has 0 saturated carbocycles. The van der Waals surface area contributed by atoms with Crippen LogP contribution in [0.3, 0.4) is 0 Å². The number of rotatable bonds is 5. The fourth-order valence-electron chi connectivity index (χ4n) is 2.34. The van der Waals surface area contributed by atoms with Gasteiger partial charge in [0.05, 0.1) is 13.2 Å². The van der Waals surface area contributed by atoms with Gasteiger partial charge >= 0.3 is 0 Å². The largest absolute Gasteiger partial charge is 0.496 e. The molecular formula is C15H21BrN2O2S. The van der Waals surface area contributed by atoms with Gasteiger partial charge in [0.15, 0.2) is 5.11 Å². The molecule has 1 N–H and O–H groups in total. The molecule has 0 bridgehead atoms. The number of ether oxygens (including phenoxy) is 2. The Morgan fingerprint density at radius 1 is 1.57 bits per heavy atom. The van der Waals surface area contributed by atoms with E-state index in [0.717, 1.165) is 46.9 Å². The molecule has 0 spiro atoms. The van der Waals surface area contributed by atoms with Gasteiger partial charge in [-0.05, 0) is 43.3 Å². The minimum absolute atomic E-state index is 0.289. The van der Waals surface area contributed by atoms with Crippen LogP contribution in [-0.4, -0.2) is 43.4 Å². The van der Waals surface area contributed by atoms with Crippen LogP contribution in [0.1, 0.15) is 18.4 Å². The molecule has 0 unspecified atom stereocenters. The maximum absolute atomic E-state index is 5.59. The first-order chi connectivity index (χ1) is 10.1. The first-order valence-electron chi connectivity index (χ1n) is 7.03. The van der Waals surface area contributed by atoms with Crippen LogP contribution in [0, 0.1) is 0 Å². The lowest BCUT2D eigenvalue weighted by molar-refractivity contribution is 0.113. The average Bonchev–Trinajstić information content (AvgIpc) is 2.98. The third-order valence-corrected chi connectivity index (χ3v) is 4.45. The van der Waals surface area contributed by atoms with E-state index >= 15 is 0 Å². The number of nitrogens with zero attached hydrogens (tertiary/aromatic N) is 1. The van der Waals surface area contributed by atoms with Crippen LogP contribution >= 0.6 is 28.1 Å². The van der Waals surface area contributed by atoms with E-state index in [9.17, 15) is 0 Å². The molecule has 1 aromatic rings. The standard InChI is InChI=1S/C15H21BrN2O2S/c1-18(15(21)17-9-13-4-3-7-20-13)10-11-8-12(16)5-6-14(11)19-2/h5-6,8,13H,3-4,7,9-10H2,1-2H3,(H,17,21)/t13-/m1/s1. The Morgan fingerprint density at radius 2 is 2.38 bits per heavy atom. The molecule has 4 nitrogen and oxygen atoms in total. The molecular weight excluding hydrogens is 352 g/mol. The second-order valence-electron chi connectivity index (χ2n) is 5.13. The van der Waals surface area contributed by atoms with Crippen molar-refractivity contribution in [3.63, 3.8) is 0 Å². The number of hydrogen-bond acceptors (Lipinski definition) is 3. The molecule has 1 aliphatic rings. The predicted octanol–water partition coefficient (Wildman–Crippen LogP) is 2.94. The van der Waals surface area contributed by atoms with Gasteiger partial charge in [0.2, 0.25) is 0 Å². The normalized spacial score (nSPS) is 17.6. The van der Waals surface area contributed by atoms with Crippen molar-refractivity contribution >= 4 is 33.3 Å². The summed E-state index contributed by atoms with van der Waals surface area (Å²) in [6.07, 6.45) is 2.54. The van der Waals surface area contributed by atoms with E-state index in [0.29, 0.717) is 6.54 Å². The van der Waals surface area contributed by atoms with Crippen LogP contribution in [0.15, 0.2) is 22.7 Å². The van der Waals surface area contributed by atoms with Crippen LogP contribution in [0.25, 0.3) is 0 Å². The average molecular weight is 373 g/mol. The summed E-state index contributed by atoms with van der Waals surface area (Å²) >= 11 is 8.92. The molecule has 1 heterocycles. The van der Waals surface area contributed by atoms with E-state index in [1.54, 1.807) is 7.11 Å². The van der Waals surface area contributed by atoms with Gasteiger partial charge in [-0.2, -0.15) is 0 Å². The van der Waals surface area contributed by atoms with E-state index in [2.05, 4.69) is 27.3 Å². The molecule has 1 atom stereocenters.